The number of anilines is 3. The zero-order valence-electron chi connectivity index (χ0n) is 23.2. The van der Waals surface area contributed by atoms with Crippen LogP contribution in [-0.4, -0.2) is 0 Å². The van der Waals surface area contributed by atoms with Crippen molar-refractivity contribution < 1.29 is 8.83 Å². The SMILES string of the molecule is c1ccc(N(c2ccc(-c3cccc4c3oc3c4ccc4oc5ccccc5c43)cc2)c2cccc3ccccc23)cc1. The first-order valence-electron chi connectivity index (χ1n) is 14.5. The molecule has 0 amide bonds. The van der Waals surface area contributed by atoms with Crippen LogP contribution in [0.5, 0.6) is 0 Å². The molecule has 0 saturated carbocycles. The fourth-order valence-electron chi connectivity index (χ4n) is 6.49. The average Bonchev–Trinajstić information content (AvgIpc) is 3.64. The van der Waals surface area contributed by atoms with Crippen LogP contribution in [0.4, 0.5) is 17.1 Å². The van der Waals surface area contributed by atoms with Crippen LogP contribution in [0.2, 0.25) is 0 Å². The van der Waals surface area contributed by atoms with Gasteiger partial charge in [-0.25, -0.2) is 0 Å². The lowest BCUT2D eigenvalue weighted by molar-refractivity contribution is 0.663. The highest BCUT2D eigenvalue weighted by atomic mass is 16.3. The van der Waals surface area contributed by atoms with Crippen molar-refractivity contribution in [1.82, 2.24) is 0 Å². The highest BCUT2D eigenvalue weighted by Gasteiger charge is 2.19. The molecule has 0 bridgehead atoms. The summed E-state index contributed by atoms with van der Waals surface area (Å²) in [4.78, 5) is 2.33. The summed E-state index contributed by atoms with van der Waals surface area (Å²) in [5, 5.41) is 6.72. The van der Waals surface area contributed by atoms with Crippen molar-refractivity contribution in [2.24, 2.45) is 0 Å². The summed E-state index contributed by atoms with van der Waals surface area (Å²) in [5.74, 6) is 0. The van der Waals surface area contributed by atoms with Crippen LogP contribution >= 0.6 is 0 Å². The van der Waals surface area contributed by atoms with Gasteiger partial charge in [0.1, 0.15) is 22.3 Å². The van der Waals surface area contributed by atoms with E-state index in [-0.39, 0.29) is 0 Å². The third-order valence-corrected chi connectivity index (χ3v) is 8.46. The quantitative estimate of drug-likeness (QED) is 0.218. The van der Waals surface area contributed by atoms with E-state index in [9.17, 15) is 0 Å². The summed E-state index contributed by atoms with van der Waals surface area (Å²) in [6, 6.07) is 53.1. The number of benzene rings is 7. The highest BCUT2D eigenvalue weighted by Crippen LogP contribution is 2.43. The molecular weight excluding hydrogens is 526 g/mol. The number of furan rings is 2. The Balaban J connectivity index is 1.21. The highest BCUT2D eigenvalue weighted by molar-refractivity contribution is 6.23. The van der Waals surface area contributed by atoms with Gasteiger partial charge in [0, 0.05) is 38.5 Å². The van der Waals surface area contributed by atoms with Gasteiger partial charge in [-0.3, -0.25) is 0 Å². The van der Waals surface area contributed by atoms with Crippen molar-refractivity contribution in [3.05, 3.63) is 152 Å². The van der Waals surface area contributed by atoms with E-state index in [0.717, 1.165) is 72.1 Å². The maximum atomic E-state index is 6.71. The number of para-hydroxylation sites is 3. The predicted molar refractivity (Wildman–Crippen MR) is 179 cm³/mol. The van der Waals surface area contributed by atoms with Crippen molar-refractivity contribution in [2.75, 3.05) is 4.90 Å². The molecule has 0 N–H and O–H groups in total. The zero-order valence-corrected chi connectivity index (χ0v) is 23.2. The molecule has 9 aromatic rings. The summed E-state index contributed by atoms with van der Waals surface area (Å²) in [5.41, 5.74) is 8.99. The topological polar surface area (TPSA) is 29.5 Å². The van der Waals surface area contributed by atoms with E-state index in [2.05, 4.69) is 138 Å². The molecule has 0 fully saturated rings. The maximum Gasteiger partial charge on any atom is 0.147 e. The van der Waals surface area contributed by atoms with Gasteiger partial charge in [0.25, 0.3) is 0 Å². The van der Waals surface area contributed by atoms with Crippen molar-refractivity contribution in [2.45, 2.75) is 0 Å². The minimum atomic E-state index is 0.841. The molecule has 0 radical (unpaired) electrons. The lowest BCUT2D eigenvalue weighted by atomic mass is 10.0. The molecule has 43 heavy (non-hydrogen) atoms. The molecule has 202 valence electrons. The normalized spacial score (nSPS) is 11.7. The van der Waals surface area contributed by atoms with Crippen LogP contribution in [0.25, 0.3) is 65.8 Å². The third kappa shape index (κ3) is 3.68. The van der Waals surface area contributed by atoms with Crippen LogP contribution < -0.4 is 4.90 Å². The second kappa shape index (κ2) is 9.37. The molecular formula is C40H25NO2. The second-order valence-electron chi connectivity index (χ2n) is 10.9. The summed E-state index contributed by atoms with van der Waals surface area (Å²) < 4.78 is 12.9. The Morgan fingerprint density at radius 2 is 1.07 bits per heavy atom. The monoisotopic (exact) mass is 551 g/mol. The van der Waals surface area contributed by atoms with Gasteiger partial charge in [-0.05, 0) is 59.5 Å². The molecule has 7 aromatic carbocycles. The minimum Gasteiger partial charge on any atom is -0.456 e. The van der Waals surface area contributed by atoms with Gasteiger partial charge >= 0.3 is 0 Å². The first-order chi connectivity index (χ1) is 21.3. The Hall–Kier alpha value is -5.80. The summed E-state index contributed by atoms with van der Waals surface area (Å²) in [6.45, 7) is 0. The zero-order chi connectivity index (χ0) is 28.3. The maximum absolute atomic E-state index is 6.71. The molecule has 0 atom stereocenters. The van der Waals surface area contributed by atoms with Crippen LogP contribution in [0, 0.1) is 0 Å². The predicted octanol–water partition coefficient (Wildman–Crippen LogP) is 11.8. The van der Waals surface area contributed by atoms with E-state index in [4.69, 9.17) is 8.83 Å². The van der Waals surface area contributed by atoms with Crippen LogP contribution in [0.15, 0.2) is 160 Å². The van der Waals surface area contributed by atoms with Gasteiger partial charge in [0.05, 0.1) is 11.1 Å². The first kappa shape index (κ1) is 23.9. The van der Waals surface area contributed by atoms with Gasteiger partial charge in [-0.1, -0.05) is 103 Å². The van der Waals surface area contributed by atoms with Crippen LogP contribution in [0.1, 0.15) is 0 Å². The lowest BCUT2D eigenvalue weighted by Gasteiger charge is -2.27. The molecule has 3 heteroatoms. The van der Waals surface area contributed by atoms with E-state index in [1.54, 1.807) is 0 Å². The standard InChI is InChI=1S/C40H25NO2/c1-2-12-28(13-3-1)41(35-18-8-11-26-10-4-5-14-30(26)35)29-22-20-27(21-23-29)31-16-9-17-32-33-24-25-37-38(40(33)43-39(31)32)34-15-6-7-19-36(34)42-37/h1-25H. The third-order valence-electron chi connectivity index (χ3n) is 8.46. The summed E-state index contributed by atoms with van der Waals surface area (Å²) in [7, 11) is 0. The number of fused-ring (bicyclic) bond motifs is 8. The Kier molecular flexibility index (Phi) is 5.20. The molecule has 0 aliphatic rings. The van der Waals surface area contributed by atoms with Crippen molar-refractivity contribution in [1.29, 1.82) is 0 Å². The van der Waals surface area contributed by atoms with Crippen LogP contribution in [-0.2, 0) is 0 Å². The van der Waals surface area contributed by atoms with E-state index in [1.807, 2.05) is 18.2 Å². The molecule has 3 nitrogen and oxygen atoms in total. The molecule has 2 aromatic heterocycles. The Bertz CT molecular complexity index is 2440. The van der Waals surface area contributed by atoms with E-state index in [0.29, 0.717) is 0 Å². The van der Waals surface area contributed by atoms with Gasteiger partial charge in [0.15, 0.2) is 0 Å². The smallest absolute Gasteiger partial charge is 0.147 e. The number of hydrogen-bond donors (Lipinski definition) is 0. The lowest BCUT2D eigenvalue weighted by Crippen LogP contribution is -2.10. The molecule has 0 unspecified atom stereocenters. The van der Waals surface area contributed by atoms with Crippen molar-refractivity contribution in [3.8, 4) is 11.1 Å². The van der Waals surface area contributed by atoms with Gasteiger partial charge < -0.3 is 13.7 Å². The van der Waals surface area contributed by atoms with E-state index in [1.165, 1.54) is 10.8 Å². The second-order valence-corrected chi connectivity index (χ2v) is 10.9. The molecule has 0 aliphatic carbocycles. The Morgan fingerprint density at radius 1 is 0.395 bits per heavy atom. The Labute approximate surface area is 247 Å². The fraction of sp³-hybridized carbons (Fsp3) is 0. The first-order valence-corrected chi connectivity index (χ1v) is 14.5. The van der Waals surface area contributed by atoms with Gasteiger partial charge in [-0.15, -0.1) is 0 Å². The van der Waals surface area contributed by atoms with Crippen molar-refractivity contribution >= 4 is 71.7 Å². The number of rotatable bonds is 4. The number of nitrogens with zero attached hydrogens (tertiary/aromatic N) is 1. The molecule has 2 heterocycles. The summed E-state index contributed by atoms with van der Waals surface area (Å²) in [6.07, 6.45) is 0. The summed E-state index contributed by atoms with van der Waals surface area (Å²) >= 11 is 0. The average molecular weight is 552 g/mol. The Morgan fingerprint density at radius 3 is 1.95 bits per heavy atom. The molecule has 0 aliphatic heterocycles. The van der Waals surface area contributed by atoms with Crippen molar-refractivity contribution in [3.63, 3.8) is 0 Å². The molecule has 9 rings (SSSR count). The van der Waals surface area contributed by atoms with Crippen LogP contribution in [0.3, 0.4) is 0 Å². The van der Waals surface area contributed by atoms with Gasteiger partial charge in [-0.2, -0.15) is 0 Å². The fourth-order valence-corrected chi connectivity index (χ4v) is 6.49. The molecule has 0 saturated heterocycles. The largest absolute Gasteiger partial charge is 0.456 e. The number of hydrogen-bond acceptors (Lipinski definition) is 3. The molecule has 0 spiro atoms. The van der Waals surface area contributed by atoms with Gasteiger partial charge in [0.2, 0.25) is 0 Å². The van der Waals surface area contributed by atoms with E-state index < -0.39 is 0 Å². The van der Waals surface area contributed by atoms with E-state index >= 15 is 0 Å². The minimum absolute atomic E-state index is 0.841.